The van der Waals surface area contributed by atoms with Crippen LogP contribution in [-0.4, -0.2) is 50.5 Å². The number of hydrogen-bond acceptors (Lipinski definition) is 6. The number of nitrogens with one attached hydrogen (secondary N) is 1. The van der Waals surface area contributed by atoms with Crippen molar-refractivity contribution in [2.75, 3.05) is 24.7 Å². The molecular weight excluding hydrogens is 536 g/mol. The summed E-state index contributed by atoms with van der Waals surface area (Å²) in [4.78, 5) is 26.1. The maximum Gasteiger partial charge on any atom is 0.411 e. The van der Waals surface area contributed by atoms with Gasteiger partial charge < -0.3 is 14.4 Å². The van der Waals surface area contributed by atoms with Crippen LogP contribution in [0, 0.1) is 0 Å². The molecule has 0 heterocycles. The molecule has 192 valence electrons. The number of amides is 2. The molecule has 2 amide bonds. The van der Waals surface area contributed by atoms with Gasteiger partial charge >= 0.3 is 12.2 Å². The smallest absolute Gasteiger partial charge is 0.411 e. The number of rotatable bonds is 9. The second-order valence-electron chi connectivity index (χ2n) is 9.12. The van der Waals surface area contributed by atoms with E-state index in [0.29, 0.717) is 24.1 Å². The minimum Gasteiger partial charge on any atom is -0.449 e. The van der Waals surface area contributed by atoms with Crippen molar-refractivity contribution in [3.8, 4) is 0 Å². The Kier molecular flexibility index (Phi) is 10.1. The molecule has 0 spiro atoms. The first-order valence-electron chi connectivity index (χ1n) is 11.3. The highest BCUT2D eigenvalue weighted by atomic mass is 79.9. The Morgan fingerprint density at radius 2 is 1.74 bits per heavy atom. The van der Waals surface area contributed by atoms with Crippen molar-refractivity contribution in [2.45, 2.75) is 57.6 Å². The lowest BCUT2D eigenvalue weighted by atomic mass is 10.2. The van der Waals surface area contributed by atoms with Gasteiger partial charge in [-0.2, -0.15) is 0 Å². The van der Waals surface area contributed by atoms with Crippen molar-refractivity contribution in [1.82, 2.24) is 4.90 Å². The van der Waals surface area contributed by atoms with E-state index in [1.807, 2.05) is 24.3 Å². The average Bonchev–Trinajstić information content (AvgIpc) is 2.74. The van der Waals surface area contributed by atoms with Crippen LogP contribution in [0.1, 0.15) is 45.2 Å². The quantitative estimate of drug-likeness (QED) is 0.410. The zero-order valence-corrected chi connectivity index (χ0v) is 23.2. The van der Waals surface area contributed by atoms with E-state index in [9.17, 15) is 18.0 Å². The maximum absolute atomic E-state index is 12.8. The summed E-state index contributed by atoms with van der Waals surface area (Å²) in [6.07, 6.45) is -0.227. The van der Waals surface area contributed by atoms with Crippen molar-refractivity contribution in [2.24, 2.45) is 0 Å². The third-order valence-corrected chi connectivity index (χ3v) is 7.31. The number of halogens is 1. The topological polar surface area (TPSA) is 102 Å². The molecule has 2 rings (SSSR count). The molecular formula is C25H33BrN2O6S. The van der Waals surface area contributed by atoms with Gasteiger partial charge in [0, 0.05) is 23.6 Å². The third-order valence-electron chi connectivity index (χ3n) is 4.76. The summed E-state index contributed by atoms with van der Waals surface area (Å²) in [5.74, 6) is -0.0268. The first-order valence-corrected chi connectivity index (χ1v) is 13.7. The van der Waals surface area contributed by atoms with Crippen LogP contribution in [0.3, 0.4) is 0 Å². The summed E-state index contributed by atoms with van der Waals surface area (Å²) >= 11 is 3.38. The largest absolute Gasteiger partial charge is 0.449 e. The average molecular weight is 570 g/mol. The molecule has 0 saturated heterocycles. The van der Waals surface area contributed by atoms with Crippen LogP contribution in [-0.2, 0) is 32.3 Å². The fourth-order valence-electron chi connectivity index (χ4n) is 3.19. The summed E-state index contributed by atoms with van der Waals surface area (Å²) < 4.78 is 37.2. The van der Waals surface area contributed by atoms with E-state index >= 15 is 0 Å². The van der Waals surface area contributed by atoms with Gasteiger partial charge in [0.25, 0.3) is 0 Å². The Morgan fingerprint density at radius 1 is 1.09 bits per heavy atom. The zero-order chi connectivity index (χ0) is 26.2. The lowest BCUT2D eigenvalue weighted by Crippen LogP contribution is -2.34. The second kappa shape index (κ2) is 12.4. The van der Waals surface area contributed by atoms with Crippen LogP contribution in [0.15, 0.2) is 51.8 Å². The van der Waals surface area contributed by atoms with Gasteiger partial charge in [0.1, 0.15) is 5.60 Å². The van der Waals surface area contributed by atoms with Gasteiger partial charge in [0.2, 0.25) is 0 Å². The van der Waals surface area contributed by atoms with E-state index in [-0.39, 0.29) is 23.8 Å². The highest BCUT2D eigenvalue weighted by Gasteiger charge is 2.24. The maximum atomic E-state index is 12.8. The summed E-state index contributed by atoms with van der Waals surface area (Å²) in [5, 5.41) is 2.63. The molecule has 2 aromatic rings. The van der Waals surface area contributed by atoms with Crippen LogP contribution < -0.4 is 5.32 Å². The molecule has 0 bridgehead atoms. The van der Waals surface area contributed by atoms with Crippen LogP contribution in [0.25, 0.3) is 0 Å². The molecule has 8 nitrogen and oxygen atoms in total. The Balaban J connectivity index is 2.14. The lowest BCUT2D eigenvalue weighted by Gasteiger charge is -2.25. The number of benzene rings is 2. The molecule has 35 heavy (non-hydrogen) atoms. The van der Waals surface area contributed by atoms with E-state index < -0.39 is 27.6 Å². The van der Waals surface area contributed by atoms with Crippen molar-refractivity contribution in [1.29, 1.82) is 0 Å². The fourth-order valence-corrected chi connectivity index (χ4v) is 5.01. The number of carbonyl (C=O) groups is 2. The first kappa shape index (κ1) is 28.6. The van der Waals surface area contributed by atoms with Gasteiger partial charge in [-0.3, -0.25) is 5.32 Å². The fraction of sp³-hybridized carbons (Fsp3) is 0.440. The Hall–Kier alpha value is -2.59. The highest BCUT2D eigenvalue weighted by Crippen LogP contribution is 2.24. The molecule has 0 fully saturated rings. The molecule has 0 radical (unpaired) electrons. The van der Waals surface area contributed by atoms with Gasteiger partial charge in [0.05, 0.1) is 23.8 Å². The van der Waals surface area contributed by atoms with E-state index in [1.54, 1.807) is 33.8 Å². The Morgan fingerprint density at radius 3 is 2.34 bits per heavy atom. The van der Waals surface area contributed by atoms with Crippen molar-refractivity contribution in [3.05, 3.63) is 58.1 Å². The van der Waals surface area contributed by atoms with Gasteiger partial charge in [0.15, 0.2) is 9.84 Å². The van der Waals surface area contributed by atoms with E-state index in [1.165, 1.54) is 24.1 Å². The minimum absolute atomic E-state index is 0.0126. The van der Waals surface area contributed by atoms with Gasteiger partial charge in [-0.1, -0.05) is 35.0 Å². The van der Waals surface area contributed by atoms with Crippen molar-refractivity contribution in [3.63, 3.8) is 0 Å². The molecule has 2 aromatic carbocycles. The highest BCUT2D eigenvalue weighted by molar-refractivity contribution is 9.10. The summed E-state index contributed by atoms with van der Waals surface area (Å²) in [7, 11) is -2.04. The normalized spacial score (nSPS) is 11.6. The summed E-state index contributed by atoms with van der Waals surface area (Å²) in [5.41, 5.74) is 1.08. The minimum atomic E-state index is -3.57. The van der Waals surface area contributed by atoms with Crippen LogP contribution in [0.5, 0.6) is 0 Å². The number of hydrogen-bond donors (Lipinski definition) is 1. The van der Waals surface area contributed by atoms with Gasteiger partial charge in [-0.05, 0) is 68.7 Å². The number of ether oxygens (including phenoxy) is 2. The zero-order valence-electron chi connectivity index (χ0n) is 20.8. The lowest BCUT2D eigenvalue weighted by molar-refractivity contribution is 0.0283. The Labute approximate surface area is 216 Å². The van der Waals surface area contributed by atoms with Crippen LogP contribution >= 0.6 is 15.9 Å². The van der Waals surface area contributed by atoms with E-state index in [0.717, 1.165) is 10.0 Å². The van der Waals surface area contributed by atoms with Gasteiger partial charge in [-0.25, -0.2) is 18.0 Å². The Bertz CT molecular complexity index is 1130. The number of anilines is 1. The van der Waals surface area contributed by atoms with E-state index in [2.05, 4.69) is 21.2 Å². The number of sulfone groups is 1. The van der Waals surface area contributed by atoms with E-state index in [4.69, 9.17) is 9.47 Å². The van der Waals surface area contributed by atoms with Crippen molar-refractivity contribution < 1.29 is 27.5 Å². The second-order valence-corrected chi connectivity index (χ2v) is 12.1. The summed E-state index contributed by atoms with van der Waals surface area (Å²) in [6.45, 7) is 7.21. The van der Waals surface area contributed by atoms with Crippen LogP contribution in [0.2, 0.25) is 0 Å². The molecule has 1 N–H and O–H groups in total. The molecule has 0 aromatic heterocycles. The standard InChI is InChI=1S/C25H33BrN2O6S/c1-6-15-35(31,32)22-12-11-21(16-19(22)17-28(5)24(30)34-25(2,3)4)27-23(29)33-14-13-18-7-9-20(26)10-8-18/h7-12,16H,6,13-15,17H2,1-5H3,(H,27,29). The SMILES string of the molecule is CCCS(=O)(=O)c1ccc(NC(=O)OCCc2ccc(Br)cc2)cc1CN(C)C(=O)OC(C)(C)C. The predicted molar refractivity (Wildman–Crippen MR) is 139 cm³/mol. The molecule has 0 atom stereocenters. The number of carbonyl (C=O) groups excluding carboxylic acids is 2. The third kappa shape index (κ3) is 9.52. The molecule has 0 aliphatic carbocycles. The van der Waals surface area contributed by atoms with Crippen molar-refractivity contribution >= 4 is 43.6 Å². The molecule has 10 heteroatoms. The molecule has 0 saturated carbocycles. The first-order chi connectivity index (χ1) is 16.3. The molecule has 0 aliphatic heterocycles. The monoisotopic (exact) mass is 568 g/mol. The summed E-state index contributed by atoms with van der Waals surface area (Å²) in [6, 6.07) is 12.2. The number of nitrogens with zero attached hydrogens (tertiary/aromatic N) is 1. The molecule has 0 unspecified atom stereocenters. The predicted octanol–water partition coefficient (Wildman–Crippen LogP) is 5.79. The van der Waals surface area contributed by atoms with Gasteiger partial charge in [-0.15, -0.1) is 0 Å². The van der Waals surface area contributed by atoms with Crippen LogP contribution in [0.4, 0.5) is 15.3 Å². The molecule has 0 aliphatic rings.